The van der Waals surface area contributed by atoms with Crippen LogP contribution < -0.4 is 0 Å². The van der Waals surface area contributed by atoms with E-state index in [9.17, 15) is 0 Å². The van der Waals surface area contributed by atoms with E-state index in [4.69, 9.17) is 15.0 Å². The molecule has 4 aliphatic rings. The zero-order valence-corrected chi connectivity index (χ0v) is 33.4. The molecule has 60 heavy (non-hydrogen) atoms. The highest BCUT2D eigenvalue weighted by Crippen LogP contribution is 2.61. The second-order valence-corrected chi connectivity index (χ2v) is 17.9. The van der Waals surface area contributed by atoms with E-state index in [0.717, 1.165) is 45.4 Å². The molecule has 3 aromatic heterocycles. The molecule has 0 N–H and O–H groups in total. The molecule has 0 saturated heterocycles. The first-order valence-corrected chi connectivity index (χ1v) is 21.7. The molecule has 0 radical (unpaired) electrons. The van der Waals surface area contributed by atoms with E-state index in [-0.39, 0.29) is 5.41 Å². The summed E-state index contributed by atoms with van der Waals surface area (Å²) in [4.78, 5) is 16.8. The lowest BCUT2D eigenvalue weighted by molar-refractivity contribution is -0.00514. The lowest BCUT2D eigenvalue weighted by Crippen LogP contribution is -2.48. The fraction of sp³-hybridized carbons (Fsp3) is 0.182. The summed E-state index contributed by atoms with van der Waals surface area (Å²) >= 11 is 0. The Hall–Kier alpha value is -6.85. The highest BCUT2D eigenvalue weighted by Gasteiger charge is 2.52. The van der Waals surface area contributed by atoms with Crippen molar-refractivity contribution in [2.45, 2.75) is 43.9 Å². The van der Waals surface area contributed by atoms with Gasteiger partial charge in [0.15, 0.2) is 5.82 Å². The third-order valence-electron chi connectivity index (χ3n) is 14.4. The van der Waals surface area contributed by atoms with Crippen LogP contribution in [0.2, 0.25) is 0 Å². The molecular weight excluding hydrogens is 731 g/mol. The standard InChI is InChI=1S/C55H43N5/c1-3-15-38(16-4-1)45-30-40(55-32-35-27-36(33-55)29-37(28-35)34-55)31-46(39-17-5-2-6-18-39)51(45)52-56-53(59-47-23-11-7-19-41(47)42-20-8-12-24-48(42)59)58-54(57-52)60-49-25-13-9-21-43(49)44-22-10-14-26-50(44)60/h1-26,30-31,35-37H,27-29,32-34H2. The van der Waals surface area contributed by atoms with Gasteiger partial charge < -0.3 is 0 Å². The first kappa shape index (κ1) is 34.1. The van der Waals surface area contributed by atoms with Gasteiger partial charge in [-0.1, -0.05) is 133 Å². The van der Waals surface area contributed by atoms with Crippen LogP contribution in [0.1, 0.15) is 44.1 Å². The lowest BCUT2D eigenvalue weighted by Gasteiger charge is -2.57. The Balaban J connectivity index is 1.16. The van der Waals surface area contributed by atoms with E-state index in [1.54, 1.807) is 0 Å². The number of fused-ring (bicyclic) bond motifs is 6. The van der Waals surface area contributed by atoms with Crippen LogP contribution in [0.5, 0.6) is 0 Å². The van der Waals surface area contributed by atoms with Crippen molar-refractivity contribution in [3.63, 3.8) is 0 Å². The molecule has 0 atom stereocenters. The molecule has 14 rings (SSSR count). The van der Waals surface area contributed by atoms with Gasteiger partial charge in [0.05, 0.1) is 22.1 Å². The first-order valence-electron chi connectivity index (χ1n) is 21.7. The number of hydrogen-bond donors (Lipinski definition) is 0. The van der Waals surface area contributed by atoms with Gasteiger partial charge in [-0.15, -0.1) is 0 Å². The summed E-state index contributed by atoms with van der Waals surface area (Å²) in [6, 6.07) is 61.5. The van der Waals surface area contributed by atoms with Crippen molar-refractivity contribution in [3.05, 3.63) is 175 Å². The van der Waals surface area contributed by atoms with Gasteiger partial charge >= 0.3 is 0 Å². The summed E-state index contributed by atoms with van der Waals surface area (Å²) in [6.07, 6.45) is 8.12. The summed E-state index contributed by atoms with van der Waals surface area (Å²) in [6.45, 7) is 0. The van der Waals surface area contributed by atoms with Crippen molar-refractivity contribution in [2.75, 3.05) is 0 Å². The van der Waals surface area contributed by atoms with Gasteiger partial charge in [-0.2, -0.15) is 15.0 Å². The van der Waals surface area contributed by atoms with E-state index in [1.807, 2.05) is 0 Å². The Labute approximate surface area is 349 Å². The van der Waals surface area contributed by atoms with Gasteiger partial charge in [0.2, 0.25) is 11.9 Å². The fourth-order valence-electron chi connectivity index (χ4n) is 12.3. The second kappa shape index (κ2) is 13.1. The van der Waals surface area contributed by atoms with E-state index in [2.05, 4.69) is 179 Å². The topological polar surface area (TPSA) is 48.5 Å². The minimum absolute atomic E-state index is 0.196. The predicted octanol–water partition coefficient (Wildman–Crippen LogP) is 13.5. The highest BCUT2D eigenvalue weighted by molar-refractivity contribution is 6.10. The van der Waals surface area contributed by atoms with Crippen LogP contribution in [0.25, 0.3) is 89.2 Å². The highest BCUT2D eigenvalue weighted by atomic mass is 15.3. The number of aromatic nitrogens is 5. The van der Waals surface area contributed by atoms with Crippen molar-refractivity contribution >= 4 is 43.6 Å². The Morgan fingerprint density at radius 1 is 0.400 bits per heavy atom. The summed E-state index contributed by atoms with van der Waals surface area (Å²) in [5, 5.41) is 4.68. The van der Waals surface area contributed by atoms with Gasteiger partial charge in [0.1, 0.15) is 0 Å². The SMILES string of the molecule is c1ccc(-c2cc(C34CC5CC(CC(C5)C3)C4)cc(-c3ccccc3)c2-c2nc(-n3c4ccccc4c4ccccc43)nc(-n3c4ccccc4c4ccccc43)n2)cc1. The van der Waals surface area contributed by atoms with Crippen molar-refractivity contribution in [3.8, 4) is 45.5 Å². The first-order chi connectivity index (χ1) is 29.7. The Morgan fingerprint density at radius 3 is 1.13 bits per heavy atom. The molecule has 4 saturated carbocycles. The second-order valence-electron chi connectivity index (χ2n) is 17.9. The largest absolute Gasteiger partial charge is 0.278 e. The molecule has 4 fully saturated rings. The summed E-state index contributed by atoms with van der Waals surface area (Å²) in [5.41, 5.74) is 11.7. The number of para-hydroxylation sites is 4. The van der Waals surface area contributed by atoms with Crippen molar-refractivity contribution in [2.24, 2.45) is 17.8 Å². The van der Waals surface area contributed by atoms with Gasteiger partial charge in [-0.05, 0) is 126 Å². The molecule has 0 aliphatic heterocycles. The number of rotatable bonds is 6. The molecule has 7 aromatic carbocycles. The van der Waals surface area contributed by atoms with Crippen LogP contribution in [0.4, 0.5) is 0 Å². The molecule has 3 heterocycles. The fourth-order valence-corrected chi connectivity index (χ4v) is 12.3. The summed E-state index contributed by atoms with van der Waals surface area (Å²) in [7, 11) is 0. The van der Waals surface area contributed by atoms with E-state index < -0.39 is 0 Å². The molecule has 4 bridgehead atoms. The van der Waals surface area contributed by atoms with Crippen LogP contribution in [0, 0.1) is 17.8 Å². The Kier molecular flexibility index (Phi) is 7.42. The average molecular weight is 774 g/mol. The van der Waals surface area contributed by atoms with Gasteiger partial charge in [0.25, 0.3) is 0 Å². The third kappa shape index (κ3) is 5.14. The summed E-state index contributed by atoms with van der Waals surface area (Å²) in [5.74, 6) is 4.36. The molecule has 0 amide bonds. The molecule has 0 spiro atoms. The molecule has 288 valence electrons. The van der Waals surface area contributed by atoms with Crippen molar-refractivity contribution < 1.29 is 0 Å². The van der Waals surface area contributed by atoms with Crippen molar-refractivity contribution in [1.82, 2.24) is 24.1 Å². The monoisotopic (exact) mass is 773 g/mol. The Bertz CT molecular complexity index is 2970. The Morgan fingerprint density at radius 2 is 0.750 bits per heavy atom. The van der Waals surface area contributed by atoms with Crippen LogP contribution >= 0.6 is 0 Å². The van der Waals surface area contributed by atoms with E-state index in [0.29, 0.717) is 17.7 Å². The predicted molar refractivity (Wildman–Crippen MR) is 245 cm³/mol. The van der Waals surface area contributed by atoms with Gasteiger partial charge in [-0.3, -0.25) is 9.13 Å². The van der Waals surface area contributed by atoms with Crippen LogP contribution in [0.3, 0.4) is 0 Å². The molecular formula is C55H43N5. The zero-order valence-electron chi connectivity index (χ0n) is 33.4. The van der Waals surface area contributed by atoms with Gasteiger partial charge in [0, 0.05) is 27.1 Å². The quantitative estimate of drug-likeness (QED) is 0.169. The minimum Gasteiger partial charge on any atom is -0.278 e. The average Bonchev–Trinajstić information content (AvgIpc) is 3.82. The molecule has 0 unspecified atom stereocenters. The maximum Gasteiger partial charge on any atom is 0.240 e. The molecule has 10 aromatic rings. The van der Waals surface area contributed by atoms with Crippen LogP contribution in [0.15, 0.2) is 170 Å². The minimum atomic E-state index is 0.196. The van der Waals surface area contributed by atoms with E-state index in [1.165, 1.54) is 87.9 Å². The third-order valence-corrected chi connectivity index (χ3v) is 14.4. The molecule has 4 aliphatic carbocycles. The lowest BCUT2D eigenvalue weighted by atomic mass is 9.48. The van der Waals surface area contributed by atoms with Crippen LogP contribution in [-0.2, 0) is 5.41 Å². The van der Waals surface area contributed by atoms with Gasteiger partial charge in [-0.25, -0.2) is 0 Å². The summed E-state index contributed by atoms with van der Waals surface area (Å²) < 4.78 is 4.48. The van der Waals surface area contributed by atoms with Crippen molar-refractivity contribution in [1.29, 1.82) is 0 Å². The zero-order chi connectivity index (χ0) is 39.4. The van der Waals surface area contributed by atoms with Crippen LogP contribution in [-0.4, -0.2) is 24.1 Å². The smallest absolute Gasteiger partial charge is 0.240 e. The maximum atomic E-state index is 5.64. The molecule has 5 heteroatoms. The molecule has 5 nitrogen and oxygen atoms in total. The van der Waals surface area contributed by atoms with E-state index >= 15 is 0 Å². The normalized spacial score (nSPS) is 20.8. The number of nitrogens with zero attached hydrogens (tertiary/aromatic N) is 5. The number of benzene rings is 7. The maximum absolute atomic E-state index is 5.64. The number of hydrogen-bond acceptors (Lipinski definition) is 3.